The molecule has 3 N–H and O–H groups in total. The quantitative estimate of drug-likeness (QED) is 0.896. The number of allylic oxidation sites excluding steroid dienone is 3. The van der Waals surface area contributed by atoms with Crippen LogP contribution in [0.25, 0.3) is 0 Å². The Balaban J connectivity index is 2.26. The molecule has 0 fully saturated rings. The standard InChI is InChI=1S/C18H18N2O3/c1-12-6-8-14(21)4-2-3-5-17(12)23-15-9-7-13(11-19)16(10-15)18(20)22/h2-3,5,7,9-10,14,21H,1,4,6,8H2,(H2,20,22)/b3-2-,17-5+/t14-/m0/s1. The Morgan fingerprint density at radius 2 is 2.26 bits per heavy atom. The molecule has 118 valence electrons. The Labute approximate surface area is 135 Å². The summed E-state index contributed by atoms with van der Waals surface area (Å²) in [6, 6.07) is 6.46. The first-order valence-electron chi connectivity index (χ1n) is 7.26. The zero-order valence-corrected chi connectivity index (χ0v) is 12.7. The van der Waals surface area contributed by atoms with Crippen LogP contribution >= 0.6 is 0 Å². The first kappa shape index (κ1) is 16.5. The van der Waals surface area contributed by atoms with Gasteiger partial charge in [-0.25, -0.2) is 0 Å². The molecule has 0 radical (unpaired) electrons. The molecule has 2 rings (SSSR count). The predicted molar refractivity (Wildman–Crippen MR) is 86.5 cm³/mol. The smallest absolute Gasteiger partial charge is 0.250 e. The van der Waals surface area contributed by atoms with E-state index in [4.69, 9.17) is 15.7 Å². The Hall–Kier alpha value is -2.84. The van der Waals surface area contributed by atoms with Crippen molar-refractivity contribution in [3.8, 4) is 11.8 Å². The monoisotopic (exact) mass is 310 g/mol. The molecule has 23 heavy (non-hydrogen) atoms. The van der Waals surface area contributed by atoms with Crippen LogP contribution in [0.2, 0.25) is 0 Å². The van der Waals surface area contributed by atoms with Gasteiger partial charge in [0.05, 0.1) is 23.3 Å². The lowest BCUT2D eigenvalue weighted by Gasteiger charge is -2.14. The van der Waals surface area contributed by atoms with Crippen molar-refractivity contribution in [2.24, 2.45) is 5.73 Å². The zero-order chi connectivity index (χ0) is 16.8. The number of nitrogens with zero attached hydrogens (tertiary/aromatic N) is 1. The van der Waals surface area contributed by atoms with Crippen LogP contribution in [0.3, 0.4) is 0 Å². The van der Waals surface area contributed by atoms with Crippen molar-refractivity contribution in [1.82, 2.24) is 0 Å². The minimum atomic E-state index is -0.683. The van der Waals surface area contributed by atoms with E-state index in [1.807, 2.05) is 12.1 Å². The molecule has 5 heteroatoms. The molecule has 1 aliphatic carbocycles. The highest BCUT2D eigenvalue weighted by Crippen LogP contribution is 2.25. The van der Waals surface area contributed by atoms with Crippen molar-refractivity contribution in [3.05, 3.63) is 65.5 Å². The van der Waals surface area contributed by atoms with Gasteiger partial charge in [0.15, 0.2) is 0 Å². The SMILES string of the molecule is C=C1CC[C@@H](O)C/C=C\C=C/1Oc1ccc(C#N)c(C(N)=O)c1. The third-order valence-electron chi connectivity index (χ3n) is 3.52. The van der Waals surface area contributed by atoms with E-state index in [1.54, 1.807) is 18.2 Å². The average molecular weight is 310 g/mol. The van der Waals surface area contributed by atoms with Crippen LogP contribution in [0.15, 0.2) is 54.3 Å². The minimum absolute atomic E-state index is 0.116. The summed E-state index contributed by atoms with van der Waals surface area (Å²) in [5.41, 5.74) is 6.35. The van der Waals surface area contributed by atoms with Gasteiger partial charge in [-0.15, -0.1) is 0 Å². The topological polar surface area (TPSA) is 96.3 Å². The highest BCUT2D eigenvalue weighted by Gasteiger charge is 2.13. The molecule has 0 bridgehead atoms. The first-order chi connectivity index (χ1) is 11.0. The van der Waals surface area contributed by atoms with Gasteiger partial charge >= 0.3 is 0 Å². The van der Waals surface area contributed by atoms with Crippen molar-refractivity contribution >= 4 is 5.91 Å². The molecule has 1 aromatic carbocycles. The highest BCUT2D eigenvalue weighted by molar-refractivity contribution is 5.95. The number of hydrogen-bond donors (Lipinski definition) is 2. The van der Waals surface area contributed by atoms with E-state index in [0.717, 1.165) is 5.57 Å². The number of rotatable bonds is 3. The second-order valence-electron chi connectivity index (χ2n) is 5.28. The lowest BCUT2D eigenvalue weighted by Crippen LogP contribution is -2.13. The number of nitriles is 1. The highest BCUT2D eigenvalue weighted by atomic mass is 16.5. The normalized spacial score (nSPS) is 21.8. The van der Waals surface area contributed by atoms with Crippen LogP contribution in [0.4, 0.5) is 0 Å². The summed E-state index contributed by atoms with van der Waals surface area (Å²) in [6.45, 7) is 3.98. The summed E-state index contributed by atoms with van der Waals surface area (Å²) in [4.78, 5) is 11.4. The van der Waals surface area contributed by atoms with Crippen molar-refractivity contribution in [1.29, 1.82) is 5.26 Å². The van der Waals surface area contributed by atoms with Crippen molar-refractivity contribution < 1.29 is 14.6 Å². The van der Waals surface area contributed by atoms with Gasteiger partial charge in [0.1, 0.15) is 11.5 Å². The zero-order valence-electron chi connectivity index (χ0n) is 12.7. The largest absolute Gasteiger partial charge is 0.457 e. The summed E-state index contributed by atoms with van der Waals surface area (Å²) >= 11 is 0. The molecule has 0 saturated carbocycles. The third kappa shape index (κ3) is 4.31. The van der Waals surface area contributed by atoms with E-state index in [9.17, 15) is 9.90 Å². The summed E-state index contributed by atoms with van der Waals surface area (Å²) in [7, 11) is 0. The maximum atomic E-state index is 11.4. The molecule has 5 nitrogen and oxygen atoms in total. The van der Waals surface area contributed by atoms with Crippen LogP contribution in [0, 0.1) is 11.3 Å². The Morgan fingerprint density at radius 3 is 2.96 bits per heavy atom. The maximum Gasteiger partial charge on any atom is 0.250 e. The summed E-state index contributed by atoms with van der Waals surface area (Å²) in [6.07, 6.45) is 6.82. The van der Waals surface area contributed by atoms with Gasteiger partial charge in [-0.05, 0) is 49.1 Å². The van der Waals surface area contributed by atoms with E-state index in [0.29, 0.717) is 30.8 Å². The van der Waals surface area contributed by atoms with Gasteiger partial charge in [-0.3, -0.25) is 4.79 Å². The number of hydrogen-bond acceptors (Lipinski definition) is 4. The molecule has 1 aromatic rings. The number of primary amides is 1. The van der Waals surface area contributed by atoms with Crippen LogP contribution < -0.4 is 10.5 Å². The van der Waals surface area contributed by atoms with E-state index in [2.05, 4.69) is 6.58 Å². The molecule has 0 spiro atoms. The lowest BCUT2D eigenvalue weighted by molar-refractivity contribution is 0.0999. The molecular weight excluding hydrogens is 292 g/mol. The number of ether oxygens (including phenoxy) is 1. The third-order valence-corrected chi connectivity index (χ3v) is 3.52. The van der Waals surface area contributed by atoms with Crippen molar-refractivity contribution in [2.75, 3.05) is 0 Å². The number of carbonyl (C=O) groups excluding carboxylic acids is 1. The number of carbonyl (C=O) groups is 1. The van der Waals surface area contributed by atoms with Gasteiger partial charge in [-0.2, -0.15) is 5.26 Å². The van der Waals surface area contributed by atoms with E-state index >= 15 is 0 Å². The molecule has 0 saturated heterocycles. The van der Waals surface area contributed by atoms with Crippen LogP contribution in [-0.2, 0) is 0 Å². The minimum Gasteiger partial charge on any atom is -0.457 e. The molecule has 0 aliphatic heterocycles. The van der Waals surface area contributed by atoms with E-state index < -0.39 is 12.0 Å². The number of nitrogens with two attached hydrogens (primary N) is 1. The average Bonchev–Trinajstić information content (AvgIpc) is 2.61. The summed E-state index contributed by atoms with van der Waals surface area (Å²) in [5.74, 6) is 0.270. The van der Waals surface area contributed by atoms with E-state index in [-0.39, 0.29) is 11.1 Å². The van der Waals surface area contributed by atoms with Gasteiger partial charge in [-0.1, -0.05) is 18.7 Å². The van der Waals surface area contributed by atoms with Gasteiger partial charge in [0.25, 0.3) is 0 Å². The molecular formula is C18H18N2O3. The van der Waals surface area contributed by atoms with Crippen molar-refractivity contribution in [3.63, 3.8) is 0 Å². The van der Waals surface area contributed by atoms with Crippen molar-refractivity contribution in [2.45, 2.75) is 25.4 Å². The second kappa shape index (κ2) is 7.43. The Morgan fingerprint density at radius 1 is 1.48 bits per heavy atom. The van der Waals surface area contributed by atoms with Gasteiger partial charge in [0.2, 0.25) is 5.91 Å². The predicted octanol–water partition coefficient (Wildman–Crippen LogP) is 2.58. The molecule has 0 heterocycles. The second-order valence-corrected chi connectivity index (χ2v) is 5.28. The Kier molecular flexibility index (Phi) is 5.34. The van der Waals surface area contributed by atoms with E-state index in [1.165, 1.54) is 12.1 Å². The maximum absolute atomic E-state index is 11.4. The van der Waals surface area contributed by atoms with Crippen LogP contribution in [-0.4, -0.2) is 17.1 Å². The van der Waals surface area contributed by atoms with Crippen LogP contribution in [0.5, 0.6) is 5.75 Å². The molecule has 1 aliphatic rings. The number of aliphatic hydroxyl groups is 1. The molecule has 1 atom stereocenters. The fourth-order valence-electron chi connectivity index (χ4n) is 2.21. The Bertz CT molecular complexity index is 726. The fraction of sp³-hybridized carbons (Fsp3) is 0.222. The number of aliphatic hydroxyl groups excluding tert-OH is 1. The molecule has 0 unspecified atom stereocenters. The summed E-state index contributed by atoms with van der Waals surface area (Å²) < 4.78 is 5.80. The number of benzene rings is 1. The van der Waals surface area contributed by atoms with Gasteiger partial charge < -0.3 is 15.6 Å². The van der Waals surface area contributed by atoms with Gasteiger partial charge in [0, 0.05) is 0 Å². The van der Waals surface area contributed by atoms with Crippen LogP contribution in [0.1, 0.15) is 35.2 Å². The fourth-order valence-corrected chi connectivity index (χ4v) is 2.21. The number of amides is 1. The molecule has 1 amide bonds. The molecule has 0 aromatic heterocycles. The first-order valence-corrected chi connectivity index (χ1v) is 7.26. The summed E-state index contributed by atoms with van der Waals surface area (Å²) in [5, 5.41) is 18.7. The lowest BCUT2D eigenvalue weighted by atomic mass is 10.1.